The minimum Gasteiger partial charge on any atom is -0.457 e. The van der Waals surface area contributed by atoms with Crippen molar-refractivity contribution in [3.63, 3.8) is 0 Å². The quantitative estimate of drug-likeness (QED) is 0.404. The number of aliphatic hydroxyl groups excluding tert-OH is 2. The number of sulfonamides is 1. The van der Waals surface area contributed by atoms with Crippen molar-refractivity contribution in [2.24, 2.45) is 0 Å². The third kappa shape index (κ3) is 5.90. The summed E-state index contributed by atoms with van der Waals surface area (Å²) in [4.78, 5) is 4.15. The van der Waals surface area contributed by atoms with Gasteiger partial charge in [0.25, 0.3) is 10.0 Å². The molecule has 3 N–H and O–H groups in total. The molecule has 184 valence electrons. The van der Waals surface area contributed by atoms with Crippen LogP contribution >= 0.6 is 0 Å². The SMILES string of the molecule is CN1CCN(c2ccc3cc(-c4ccc(/C=C(\C#N)S(=O)(=O)NCC(O)CO)o4)ccc3c2)CC1. The lowest BCUT2D eigenvalue weighted by Gasteiger charge is -2.34. The fraction of sp³-hybridized carbons (Fsp3) is 0.320. The molecule has 1 fully saturated rings. The third-order valence-corrected chi connectivity index (χ3v) is 7.33. The first-order valence-electron chi connectivity index (χ1n) is 11.3. The molecule has 0 spiro atoms. The predicted molar refractivity (Wildman–Crippen MR) is 135 cm³/mol. The highest BCUT2D eigenvalue weighted by molar-refractivity contribution is 7.93. The molecule has 1 aromatic heterocycles. The Morgan fingerprint density at radius 1 is 1.14 bits per heavy atom. The van der Waals surface area contributed by atoms with Crippen LogP contribution in [0.25, 0.3) is 28.2 Å². The van der Waals surface area contributed by atoms with E-state index in [4.69, 9.17) is 9.52 Å². The summed E-state index contributed by atoms with van der Waals surface area (Å²) in [7, 11) is -2.03. The molecule has 2 aromatic carbocycles. The van der Waals surface area contributed by atoms with E-state index >= 15 is 0 Å². The van der Waals surface area contributed by atoms with Gasteiger partial charge >= 0.3 is 0 Å². The molecule has 3 aromatic rings. The van der Waals surface area contributed by atoms with E-state index in [0.29, 0.717) is 5.76 Å². The molecular formula is C25H28N4O5S. The van der Waals surface area contributed by atoms with Crippen LogP contribution in [0.3, 0.4) is 0 Å². The Balaban J connectivity index is 1.53. The molecule has 2 heterocycles. The van der Waals surface area contributed by atoms with E-state index in [9.17, 15) is 18.8 Å². The molecule has 0 radical (unpaired) electrons. The second kappa shape index (κ2) is 10.6. The van der Waals surface area contributed by atoms with Crippen LogP contribution in [0.1, 0.15) is 5.76 Å². The Morgan fingerprint density at radius 2 is 1.86 bits per heavy atom. The zero-order valence-corrected chi connectivity index (χ0v) is 20.2. The Hall–Kier alpha value is -3.20. The summed E-state index contributed by atoms with van der Waals surface area (Å²) < 4.78 is 32.5. The fourth-order valence-electron chi connectivity index (χ4n) is 3.88. The molecule has 0 bridgehead atoms. The third-order valence-electron chi connectivity index (χ3n) is 6.00. The standard InChI is InChI=1S/C25H28N4O5S/c1-28-8-10-29(11-9-28)21-5-4-18-12-20(3-2-19(18)13-21)25-7-6-23(34-25)14-24(15-26)35(32,33)27-16-22(31)17-30/h2-7,12-14,22,27,30-31H,8-11,16-17H2,1H3/b24-14+. The van der Waals surface area contributed by atoms with Gasteiger partial charge in [0.2, 0.25) is 0 Å². The predicted octanol–water partition coefficient (Wildman–Crippen LogP) is 1.99. The van der Waals surface area contributed by atoms with Crippen molar-refractivity contribution in [3.05, 3.63) is 59.2 Å². The number of nitrogens with zero attached hydrogens (tertiary/aromatic N) is 3. The van der Waals surface area contributed by atoms with Crippen molar-refractivity contribution >= 4 is 32.6 Å². The first-order valence-corrected chi connectivity index (χ1v) is 12.8. The van der Waals surface area contributed by atoms with E-state index in [1.54, 1.807) is 18.2 Å². The van der Waals surface area contributed by atoms with E-state index in [2.05, 4.69) is 39.8 Å². The zero-order valence-electron chi connectivity index (χ0n) is 19.4. The number of hydrogen-bond donors (Lipinski definition) is 3. The minimum absolute atomic E-state index is 0.204. The van der Waals surface area contributed by atoms with Crippen molar-refractivity contribution in [1.82, 2.24) is 9.62 Å². The minimum atomic E-state index is -4.16. The highest BCUT2D eigenvalue weighted by Crippen LogP contribution is 2.29. The van der Waals surface area contributed by atoms with Crippen LogP contribution in [0.2, 0.25) is 0 Å². The monoisotopic (exact) mass is 496 g/mol. The van der Waals surface area contributed by atoms with Crippen LogP contribution in [0.5, 0.6) is 0 Å². The highest BCUT2D eigenvalue weighted by atomic mass is 32.2. The number of nitrogens with one attached hydrogen (secondary N) is 1. The van der Waals surface area contributed by atoms with Crippen molar-refractivity contribution in [2.45, 2.75) is 6.10 Å². The van der Waals surface area contributed by atoms with E-state index < -0.39 is 34.2 Å². The van der Waals surface area contributed by atoms with Gasteiger partial charge in [-0.15, -0.1) is 0 Å². The maximum absolute atomic E-state index is 12.3. The van der Waals surface area contributed by atoms with Gasteiger partial charge in [-0.2, -0.15) is 5.26 Å². The van der Waals surface area contributed by atoms with Crippen LogP contribution in [-0.2, 0) is 10.0 Å². The van der Waals surface area contributed by atoms with Crippen LogP contribution in [0.4, 0.5) is 5.69 Å². The van der Waals surface area contributed by atoms with E-state index in [0.717, 1.165) is 48.6 Å². The molecule has 35 heavy (non-hydrogen) atoms. The molecule has 0 amide bonds. The van der Waals surface area contributed by atoms with Crippen LogP contribution in [-0.4, -0.2) is 76.0 Å². The van der Waals surface area contributed by atoms with Crippen LogP contribution < -0.4 is 9.62 Å². The van der Waals surface area contributed by atoms with E-state index in [-0.39, 0.29) is 5.76 Å². The largest absolute Gasteiger partial charge is 0.457 e. The van der Waals surface area contributed by atoms with Gasteiger partial charge in [-0.05, 0) is 48.2 Å². The lowest BCUT2D eigenvalue weighted by molar-refractivity contribution is 0.0989. The van der Waals surface area contributed by atoms with Gasteiger partial charge in [0.05, 0.1) is 12.7 Å². The second-order valence-corrected chi connectivity index (χ2v) is 10.3. The van der Waals surface area contributed by atoms with Crippen molar-refractivity contribution < 1.29 is 23.0 Å². The molecule has 1 atom stereocenters. The Labute approximate surface area is 204 Å². The lowest BCUT2D eigenvalue weighted by Crippen LogP contribution is -2.44. The number of hydrogen-bond acceptors (Lipinski definition) is 8. The molecule has 1 unspecified atom stereocenters. The van der Waals surface area contributed by atoms with Gasteiger partial charge in [-0.1, -0.05) is 18.2 Å². The molecule has 1 aliphatic heterocycles. The van der Waals surface area contributed by atoms with Crippen molar-refractivity contribution in [3.8, 4) is 17.4 Å². The fourth-order valence-corrected chi connectivity index (χ4v) is 4.84. The number of piperazine rings is 1. The van der Waals surface area contributed by atoms with Gasteiger partial charge in [0.1, 0.15) is 17.6 Å². The molecule has 0 saturated carbocycles. The number of nitriles is 1. The number of aliphatic hydroxyl groups is 2. The van der Waals surface area contributed by atoms with Gasteiger partial charge in [-0.3, -0.25) is 0 Å². The van der Waals surface area contributed by atoms with Crippen LogP contribution in [0.15, 0.2) is 57.9 Å². The van der Waals surface area contributed by atoms with Crippen LogP contribution in [0, 0.1) is 11.3 Å². The molecule has 4 rings (SSSR count). The maximum atomic E-state index is 12.3. The number of likely N-dealkylation sites (N-methyl/N-ethyl adjacent to an activating group) is 1. The summed E-state index contributed by atoms with van der Waals surface area (Å²) in [5, 5.41) is 29.7. The van der Waals surface area contributed by atoms with E-state index in [1.807, 2.05) is 18.2 Å². The molecular weight excluding hydrogens is 468 g/mol. The first-order chi connectivity index (χ1) is 16.8. The Kier molecular flexibility index (Phi) is 7.54. The van der Waals surface area contributed by atoms with Gasteiger partial charge in [-0.25, -0.2) is 13.1 Å². The average Bonchev–Trinajstić information content (AvgIpc) is 3.34. The maximum Gasteiger partial charge on any atom is 0.250 e. The summed E-state index contributed by atoms with van der Waals surface area (Å²) in [5.41, 5.74) is 2.03. The normalized spacial score (nSPS) is 16.4. The van der Waals surface area contributed by atoms with E-state index in [1.165, 1.54) is 5.69 Å². The number of benzene rings is 2. The number of allylic oxidation sites excluding steroid dienone is 1. The molecule has 9 nitrogen and oxygen atoms in total. The van der Waals surface area contributed by atoms with Crippen molar-refractivity contribution in [1.29, 1.82) is 5.26 Å². The summed E-state index contributed by atoms with van der Waals surface area (Å²) in [5.74, 6) is 0.745. The zero-order chi connectivity index (χ0) is 25.0. The average molecular weight is 497 g/mol. The summed E-state index contributed by atoms with van der Waals surface area (Å²) in [6.45, 7) is 3.08. The summed E-state index contributed by atoms with van der Waals surface area (Å²) >= 11 is 0. The summed E-state index contributed by atoms with van der Waals surface area (Å²) in [6.07, 6.45) is -0.133. The first kappa shape index (κ1) is 24.9. The summed E-state index contributed by atoms with van der Waals surface area (Å²) in [6, 6.07) is 17.3. The van der Waals surface area contributed by atoms with Gasteiger partial charge in [0.15, 0.2) is 4.91 Å². The van der Waals surface area contributed by atoms with Gasteiger partial charge in [0, 0.05) is 50.1 Å². The molecule has 0 aliphatic carbocycles. The number of furan rings is 1. The number of anilines is 1. The Morgan fingerprint density at radius 3 is 2.57 bits per heavy atom. The molecule has 10 heteroatoms. The lowest BCUT2D eigenvalue weighted by atomic mass is 10.0. The topological polar surface area (TPSA) is 130 Å². The van der Waals surface area contributed by atoms with Crippen molar-refractivity contribution in [2.75, 3.05) is 51.3 Å². The molecule has 1 aliphatic rings. The number of rotatable bonds is 8. The Bertz CT molecular complexity index is 1370. The smallest absolute Gasteiger partial charge is 0.250 e. The van der Waals surface area contributed by atoms with Gasteiger partial charge < -0.3 is 24.4 Å². The highest BCUT2D eigenvalue weighted by Gasteiger charge is 2.20. The second-order valence-electron chi connectivity index (χ2n) is 8.55. The molecule has 1 saturated heterocycles. The number of fused-ring (bicyclic) bond motifs is 1.